The van der Waals surface area contributed by atoms with E-state index in [1.165, 1.54) is 24.3 Å². The zero-order chi connectivity index (χ0) is 36.8. The molecule has 0 spiro atoms. The Labute approximate surface area is 277 Å². The number of alkyl halides is 11. The zero-order valence-electron chi connectivity index (χ0n) is 25.9. The van der Waals surface area contributed by atoms with Crippen molar-refractivity contribution in [2.45, 2.75) is 86.6 Å². The van der Waals surface area contributed by atoms with Crippen LogP contribution in [-0.2, 0) is 22.1 Å². The van der Waals surface area contributed by atoms with Gasteiger partial charge in [-0.1, -0.05) is 51.0 Å². The van der Waals surface area contributed by atoms with Crippen LogP contribution in [0.4, 0.5) is 48.3 Å². The number of rotatable bonds is 17. The summed E-state index contributed by atoms with van der Waals surface area (Å²) in [7, 11) is 0. The number of benzene rings is 2. The molecule has 0 saturated carbocycles. The van der Waals surface area contributed by atoms with Crippen LogP contribution in [-0.4, -0.2) is 42.0 Å². The SMILES string of the molecule is C=CC(=O)OCCC(F)(F)C(F)(F)C(F)(F)C(F)(F)CCSc1ccc2cc(-c3ccc(CCCCCC)cc3C(F)(F)F)c(=O)oc2c1. The third kappa shape index (κ3) is 9.17. The number of carbonyl (C=O) groups excluding carboxylic acids is 1. The molecule has 2 aromatic carbocycles. The second kappa shape index (κ2) is 15.5. The number of carbonyl (C=O) groups is 1. The predicted octanol–water partition coefficient (Wildman–Crippen LogP) is 10.7. The fourth-order valence-corrected chi connectivity index (χ4v) is 5.70. The van der Waals surface area contributed by atoms with E-state index in [0.29, 0.717) is 36.2 Å². The summed E-state index contributed by atoms with van der Waals surface area (Å²) in [6.45, 7) is 3.44. The number of esters is 1. The Kier molecular flexibility index (Phi) is 12.7. The average Bonchev–Trinajstić information content (AvgIpc) is 3.01. The van der Waals surface area contributed by atoms with Crippen molar-refractivity contribution in [3.63, 3.8) is 0 Å². The van der Waals surface area contributed by atoms with Crippen molar-refractivity contribution >= 4 is 28.7 Å². The predicted molar refractivity (Wildman–Crippen MR) is 162 cm³/mol. The lowest BCUT2D eigenvalue weighted by Gasteiger charge is -2.36. The van der Waals surface area contributed by atoms with Crippen molar-refractivity contribution in [1.29, 1.82) is 0 Å². The molecule has 0 radical (unpaired) electrons. The second-order valence-electron chi connectivity index (χ2n) is 11.1. The van der Waals surface area contributed by atoms with Crippen molar-refractivity contribution in [1.82, 2.24) is 0 Å². The highest BCUT2D eigenvalue weighted by Crippen LogP contribution is 2.55. The molecule has 49 heavy (non-hydrogen) atoms. The Morgan fingerprint density at radius 1 is 0.837 bits per heavy atom. The van der Waals surface area contributed by atoms with E-state index in [0.717, 1.165) is 37.5 Å². The summed E-state index contributed by atoms with van der Waals surface area (Å²) in [5.74, 6) is -26.7. The fourth-order valence-electron chi connectivity index (χ4n) is 4.75. The molecule has 3 rings (SSSR count). The molecular weight excluding hydrogens is 701 g/mol. The summed E-state index contributed by atoms with van der Waals surface area (Å²) in [5.41, 5.74) is -2.81. The lowest BCUT2D eigenvalue weighted by Crippen LogP contribution is -2.62. The van der Waals surface area contributed by atoms with Crippen LogP contribution in [0.3, 0.4) is 0 Å². The number of unbranched alkanes of at least 4 members (excludes halogenated alkanes) is 3. The molecule has 270 valence electrons. The van der Waals surface area contributed by atoms with Gasteiger partial charge in [0.25, 0.3) is 0 Å². The van der Waals surface area contributed by atoms with Gasteiger partial charge in [-0.3, -0.25) is 0 Å². The van der Waals surface area contributed by atoms with Crippen LogP contribution in [0.1, 0.15) is 56.6 Å². The molecule has 0 aliphatic rings. The molecule has 3 aromatic rings. The molecular formula is C33H31F11O4S. The molecule has 0 aliphatic heterocycles. The van der Waals surface area contributed by atoms with Gasteiger partial charge in [0.1, 0.15) is 5.58 Å². The van der Waals surface area contributed by atoms with Gasteiger partial charge in [0.2, 0.25) is 0 Å². The number of thioether (sulfide) groups is 1. The van der Waals surface area contributed by atoms with Gasteiger partial charge in [0, 0.05) is 34.1 Å². The first-order valence-corrected chi connectivity index (χ1v) is 15.9. The smallest absolute Gasteiger partial charge is 0.417 e. The van der Waals surface area contributed by atoms with E-state index < -0.39 is 83.4 Å². The second-order valence-corrected chi connectivity index (χ2v) is 12.3. The summed E-state index contributed by atoms with van der Waals surface area (Å²) in [4.78, 5) is 23.7. The van der Waals surface area contributed by atoms with Crippen molar-refractivity contribution < 1.29 is 62.2 Å². The van der Waals surface area contributed by atoms with E-state index in [4.69, 9.17) is 4.42 Å². The molecule has 0 amide bonds. The van der Waals surface area contributed by atoms with Gasteiger partial charge < -0.3 is 9.15 Å². The lowest BCUT2D eigenvalue weighted by atomic mass is 9.95. The number of fused-ring (bicyclic) bond motifs is 1. The molecule has 0 unspecified atom stereocenters. The standard InChI is InChI=1S/C33H31F11O4S/c1-3-5-6-7-8-20-9-12-23(25(17-20)31(38,39)40)24-18-21-10-11-22(19-26(21)48-28(24)46)49-16-14-30(36,37)33(43,44)32(41,42)29(34,35)13-15-47-27(45)4-2/h4,9-12,17-19H,2-3,5-8,13-16H2,1H3. The van der Waals surface area contributed by atoms with E-state index >= 15 is 0 Å². The highest BCUT2D eigenvalue weighted by Gasteiger charge is 2.79. The maximum atomic E-state index is 14.4. The first kappa shape index (κ1) is 39.9. The van der Waals surface area contributed by atoms with Crippen LogP contribution in [0.25, 0.3) is 22.1 Å². The van der Waals surface area contributed by atoms with Gasteiger partial charge >= 0.3 is 41.5 Å². The van der Waals surface area contributed by atoms with Crippen LogP contribution in [0, 0.1) is 0 Å². The number of ether oxygens (including phenoxy) is 1. The summed E-state index contributed by atoms with van der Waals surface area (Å²) >= 11 is 0.416. The van der Waals surface area contributed by atoms with Crippen LogP contribution in [0.5, 0.6) is 0 Å². The van der Waals surface area contributed by atoms with Gasteiger partial charge in [-0.25, -0.2) is 9.59 Å². The first-order valence-electron chi connectivity index (χ1n) is 14.9. The van der Waals surface area contributed by atoms with Gasteiger partial charge in [0.05, 0.1) is 24.2 Å². The number of halogens is 11. The quantitative estimate of drug-likeness (QED) is 0.0345. The van der Waals surface area contributed by atoms with E-state index in [1.54, 1.807) is 0 Å². The van der Waals surface area contributed by atoms with Gasteiger partial charge in [0.15, 0.2) is 0 Å². The van der Waals surface area contributed by atoms with Crippen LogP contribution in [0.15, 0.2) is 69.2 Å². The van der Waals surface area contributed by atoms with Crippen LogP contribution in [0.2, 0.25) is 0 Å². The monoisotopic (exact) mass is 732 g/mol. The molecule has 1 aromatic heterocycles. The lowest BCUT2D eigenvalue weighted by molar-refractivity contribution is -0.367. The maximum Gasteiger partial charge on any atom is 0.417 e. The Hall–Kier alpha value is -3.56. The van der Waals surface area contributed by atoms with Crippen molar-refractivity contribution in [2.24, 2.45) is 0 Å². The molecule has 0 fully saturated rings. The summed E-state index contributed by atoms with van der Waals surface area (Å²) in [6, 6.07) is 8.34. The largest absolute Gasteiger partial charge is 0.462 e. The van der Waals surface area contributed by atoms with E-state index in [1.807, 2.05) is 6.92 Å². The van der Waals surface area contributed by atoms with Gasteiger partial charge in [-0.15, -0.1) is 11.8 Å². The topological polar surface area (TPSA) is 56.5 Å². The van der Waals surface area contributed by atoms with E-state index in [9.17, 15) is 57.9 Å². The highest BCUT2D eigenvalue weighted by atomic mass is 32.2. The Morgan fingerprint density at radius 2 is 1.49 bits per heavy atom. The molecule has 0 aliphatic carbocycles. The zero-order valence-corrected chi connectivity index (χ0v) is 26.7. The first-order chi connectivity index (χ1) is 22.7. The van der Waals surface area contributed by atoms with Crippen molar-refractivity contribution in [2.75, 3.05) is 12.4 Å². The Morgan fingerprint density at radius 3 is 2.10 bits per heavy atom. The summed E-state index contributed by atoms with van der Waals surface area (Å²) in [5, 5.41) is 0.119. The van der Waals surface area contributed by atoms with Gasteiger partial charge in [-0.2, -0.15) is 48.3 Å². The van der Waals surface area contributed by atoms with Crippen LogP contribution >= 0.6 is 11.8 Å². The molecule has 4 nitrogen and oxygen atoms in total. The molecule has 0 N–H and O–H groups in total. The minimum atomic E-state index is -6.54. The van der Waals surface area contributed by atoms with E-state index in [-0.39, 0.29) is 15.9 Å². The third-order valence-electron chi connectivity index (χ3n) is 7.53. The number of hydrogen-bond donors (Lipinski definition) is 0. The van der Waals surface area contributed by atoms with Crippen molar-refractivity contribution in [3.8, 4) is 11.1 Å². The van der Waals surface area contributed by atoms with E-state index in [2.05, 4.69) is 11.3 Å². The van der Waals surface area contributed by atoms with Crippen LogP contribution < -0.4 is 5.63 Å². The van der Waals surface area contributed by atoms with Crippen molar-refractivity contribution in [3.05, 3.63) is 76.7 Å². The third-order valence-corrected chi connectivity index (χ3v) is 8.53. The summed E-state index contributed by atoms with van der Waals surface area (Å²) < 4.78 is 165. The molecule has 0 atom stereocenters. The molecule has 0 saturated heterocycles. The molecule has 16 heteroatoms. The normalized spacial score (nSPS) is 13.1. The number of hydrogen-bond acceptors (Lipinski definition) is 5. The minimum Gasteiger partial charge on any atom is -0.462 e. The minimum absolute atomic E-state index is 0.00653. The fraction of sp³-hybridized carbons (Fsp3) is 0.455. The summed E-state index contributed by atoms with van der Waals surface area (Å²) in [6.07, 6.45) is -4.67. The maximum absolute atomic E-state index is 14.4. The average molecular weight is 733 g/mol. The highest BCUT2D eigenvalue weighted by molar-refractivity contribution is 7.99. The van der Waals surface area contributed by atoms with Gasteiger partial charge in [-0.05, 0) is 42.7 Å². The Bertz CT molecular complexity index is 1680. The molecule has 0 bridgehead atoms. The Balaban J connectivity index is 1.77. The molecule has 1 heterocycles. The number of aryl methyl sites for hydroxylation is 1.